The number of hydrogen-bond acceptors (Lipinski definition) is 4. The van der Waals surface area contributed by atoms with Crippen LogP contribution in [0.15, 0.2) is 24.3 Å². The number of nitrogens with zero attached hydrogens (tertiary/aromatic N) is 1. The Labute approximate surface area is 106 Å². The molecule has 0 aromatic heterocycles. The highest BCUT2D eigenvalue weighted by molar-refractivity contribution is 5.91. The highest BCUT2D eigenvalue weighted by Crippen LogP contribution is 2.32. The van der Waals surface area contributed by atoms with Crippen LogP contribution in [0.25, 0.3) is 0 Å². The maximum atomic E-state index is 11.7. The van der Waals surface area contributed by atoms with Crippen LogP contribution in [0.1, 0.15) is 34.7 Å². The van der Waals surface area contributed by atoms with Gasteiger partial charge in [0.25, 0.3) is 0 Å². The number of ether oxygens (including phenoxy) is 2. The third-order valence-corrected chi connectivity index (χ3v) is 3.23. The molecule has 2 atom stereocenters. The Morgan fingerprint density at radius 2 is 2.28 bits per heavy atom. The molecule has 1 heterocycles. The second-order valence-corrected chi connectivity index (χ2v) is 4.29. The van der Waals surface area contributed by atoms with Crippen LogP contribution in [0.5, 0.6) is 0 Å². The van der Waals surface area contributed by atoms with Crippen molar-refractivity contribution in [2.75, 3.05) is 13.7 Å². The van der Waals surface area contributed by atoms with Crippen molar-refractivity contribution in [3.05, 3.63) is 35.4 Å². The SMILES string of the molecule is COC(=O)c1ccccc1C1CCOC(C#N)C1. The summed E-state index contributed by atoms with van der Waals surface area (Å²) in [5, 5.41) is 8.91. The van der Waals surface area contributed by atoms with Crippen LogP contribution in [-0.2, 0) is 9.47 Å². The van der Waals surface area contributed by atoms with E-state index in [1.54, 1.807) is 6.07 Å². The first kappa shape index (κ1) is 12.6. The van der Waals surface area contributed by atoms with Gasteiger partial charge in [0.1, 0.15) is 6.10 Å². The number of benzene rings is 1. The van der Waals surface area contributed by atoms with E-state index < -0.39 is 0 Å². The van der Waals surface area contributed by atoms with Gasteiger partial charge in [0.05, 0.1) is 18.7 Å². The molecule has 1 saturated heterocycles. The summed E-state index contributed by atoms with van der Waals surface area (Å²) in [6, 6.07) is 9.53. The molecule has 1 aliphatic rings. The molecular formula is C14H15NO3. The number of hydrogen-bond donors (Lipinski definition) is 0. The van der Waals surface area contributed by atoms with E-state index in [9.17, 15) is 4.79 Å². The Balaban J connectivity index is 2.27. The molecule has 1 aromatic rings. The van der Waals surface area contributed by atoms with Gasteiger partial charge in [-0.05, 0) is 30.4 Å². The third-order valence-electron chi connectivity index (χ3n) is 3.23. The topological polar surface area (TPSA) is 59.3 Å². The molecule has 4 heteroatoms. The Morgan fingerprint density at radius 1 is 1.50 bits per heavy atom. The second kappa shape index (κ2) is 5.65. The normalized spacial score (nSPS) is 23.1. The van der Waals surface area contributed by atoms with Gasteiger partial charge in [0.15, 0.2) is 0 Å². The van der Waals surface area contributed by atoms with Gasteiger partial charge in [-0.2, -0.15) is 5.26 Å². The summed E-state index contributed by atoms with van der Waals surface area (Å²) in [5.41, 5.74) is 1.54. The smallest absolute Gasteiger partial charge is 0.338 e. The van der Waals surface area contributed by atoms with Crippen molar-refractivity contribution < 1.29 is 14.3 Å². The zero-order valence-corrected chi connectivity index (χ0v) is 10.3. The molecule has 0 spiro atoms. The molecule has 1 aliphatic heterocycles. The Bertz CT molecular complexity index is 478. The Kier molecular flexibility index (Phi) is 3.96. The van der Waals surface area contributed by atoms with Gasteiger partial charge in [-0.25, -0.2) is 4.79 Å². The van der Waals surface area contributed by atoms with Gasteiger partial charge in [-0.15, -0.1) is 0 Å². The van der Waals surface area contributed by atoms with Gasteiger partial charge < -0.3 is 9.47 Å². The van der Waals surface area contributed by atoms with Gasteiger partial charge >= 0.3 is 5.97 Å². The van der Waals surface area contributed by atoms with Crippen molar-refractivity contribution >= 4 is 5.97 Å². The van der Waals surface area contributed by atoms with Crippen molar-refractivity contribution in [1.82, 2.24) is 0 Å². The Morgan fingerprint density at radius 3 is 3.00 bits per heavy atom. The third kappa shape index (κ3) is 2.52. The average molecular weight is 245 g/mol. The van der Waals surface area contributed by atoms with E-state index in [0.29, 0.717) is 18.6 Å². The van der Waals surface area contributed by atoms with E-state index in [2.05, 4.69) is 6.07 Å². The number of carbonyl (C=O) groups is 1. The van der Waals surface area contributed by atoms with Crippen molar-refractivity contribution in [2.45, 2.75) is 24.9 Å². The average Bonchev–Trinajstić information content (AvgIpc) is 2.46. The van der Waals surface area contributed by atoms with Crippen LogP contribution in [0.2, 0.25) is 0 Å². The fourth-order valence-corrected chi connectivity index (χ4v) is 2.32. The number of carbonyl (C=O) groups excluding carboxylic acids is 1. The first-order valence-corrected chi connectivity index (χ1v) is 5.94. The van der Waals surface area contributed by atoms with Crippen LogP contribution >= 0.6 is 0 Å². The van der Waals surface area contributed by atoms with Crippen LogP contribution in [-0.4, -0.2) is 25.8 Å². The maximum Gasteiger partial charge on any atom is 0.338 e. The molecule has 4 nitrogen and oxygen atoms in total. The van der Waals surface area contributed by atoms with Gasteiger partial charge in [0, 0.05) is 6.61 Å². The predicted molar refractivity (Wildman–Crippen MR) is 65.1 cm³/mol. The molecule has 1 aromatic carbocycles. The summed E-state index contributed by atoms with van der Waals surface area (Å²) >= 11 is 0. The molecule has 18 heavy (non-hydrogen) atoms. The monoisotopic (exact) mass is 245 g/mol. The van der Waals surface area contributed by atoms with Crippen molar-refractivity contribution in [2.24, 2.45) is 0 Å². The number of methoxy groups -OCH3 is 1. The van der Waals surface area contributed by atoms with Crippen LogP contribution < -0.4 is 0 Å². The fraction of sp³-hybridized carbons (Fsp3) is 0.429. The summed E-state index contributed by atoms with van der Waals surface area (Å²) in [5.74, 6) is -0.149. The lowest BCUT2D eigenvalue weighted by Crippen LogP contribution is -2.24. The molecule has 94 valence electrons. The zero-order valence-electron chi connectivity index (χ0n) is 10.3. The number of rotatable bonds is 2. The summed E-state index contributed by atoms with van der Waals surface area (Å²) in [4.78, 5) is 11.7. The minimum Gasteiger partial charge on any atom is -0.465 e. The van der Waals surface area contributed by atoms with Crippen LogP contribution in [0.4, 0.5) is 0 Å². The van der Waals surface area contributed by atoms with E-state index in [0.717, 1.165) is 12.0 Å². The molecule has 2 unspecified atom stereocenters. The Hall–Kier alpha value is -1.86. The van der Waals surface area contributed by atoms with Crippen molar-refractivity contribution in [3.8, 4) is 6.07 Å². The van der Waals surface area contributed by atoms with Gasteiger partial charge in [0.2, 0.25) is 0 Å². The highest BCUT2D eigenvalue weighted by Gasteiger charge is 2.26. The summed E-state index contributed by atoms with van der Waals surface area (Å²) < 4.78 is 10.1. The van der Waals surface area contributed by atoms with E-state index in [4.69, 9.17) is 14.7 Å². The standard InChI is InChI=1S/C14H15NO3/c1-17-14(16)13-5-3-2-4-12(13)10-6-7-18-11(8-10)9-15/h2-5,10-11H,6-8H2,1H3. The van der Waals surface area contributed by atoms with Crippen molar-refractivity contribution in [3.63, 3.8) is 0 Å². The van der Waals surface area contributed by atoms with Gasteiger partial charge in [-0.1, -0.05) is 18.2 Å². The molecular weight excluding hydrogens is 230 g/mol. The van der Waals surface area contributed by atoms with Crippen molar-refractivity contribution in [1.29, 1.82) is 5.26 Å². The number of esters is 1. The second-order valence-electron chi connectivity index (χ2n) is 4.29. The molecule has 2 rings (SSSR count). The summed E-state index contributed by atoms with van der Waals surface area (Å²) in [6.07, 6.45) is 1.07. The first-order valence-electron chi connectivity index (χ1n) is 5.94. The van der Waals surface area contributed by atoms with Gasteiger partial charge in [-0.3, -0.25) is 0 Å². The fourth-order valence-electron chi connectivity index (χ4n) is 2.32. The first-order chi connectivity index (χ1) is 8.76. The molecule has 0 bridgehead atoms. The highest BCUT2D eigenvalue weighted by atomic mass is 16.5. The summed E-state index contributed by atoms with van der Waals surface area (Å²) in [6.45, 7) is 0.554. The van der Waals surface area contributed by atoms with E-state index >= 15 is 0 Å². The lowest BCUT2D eigenvalue weighted by molar-refractivity contribution is 0.0400. The van der Waals surface area contributed by atoms with E-state index in [1.807, 2.05) is 18.2 Å². The molecule has 0 saturated carbocycles. The van der Waals surface area contributed by atoms with Crippen LogP contribution in [0.3, 0.4) is 0 Å². The molecule has 0 aliphatic carbocycles. The quantitative estimate of drug-likeness (QED) is 0.750. The largest absolute Gasteiger partial charge is 0.465 e. The lowest BCUT2D eigenvalue weighted by atomic mass is 9.86. The van der Waals surface area contributed by atoms with Crippen LogP contribution in [0, 0.1) is 11.3 Å². The maximum absolute atomic E-state index is 11.7. The number of nitriles is 1. The zero-order chi connectivity index (χ0) is 13.0. The van der Waals surface area contributed by atoms with E-state index in [1.165, 1.54) is 7.11 Å². The van der Waals surface area contributed by atoms with E-state index in [-0.39, 0.29) is 18.0 Å². The molecule has 1 fully saturated rings. The molecule has 0 N–H and O–H groups in total. The predicted octanol–water partition coefficient (Wildman–Crippen LogP) is 2.26. The minimum atomic E-state index is -0.380. The minimum absolute atomic E-state index is 0.179. The lowest BCUT2D eigenvalue weighted by Gasteiger charge is -2.27. The summed E-state index contributed by atoms with van der Waals surface area (Å²) in [7, 11) is 1.38. The molecule has 0 radical (unpaired) electrons. The molecule has 0 amide bonds.